The summed E-state index contributed by atoms with van der Waals surface area (Å²) in [5.74, 6) is 0.680. The lowest BCUT2D eigenvalue weighted by molar-refractivity contribution is 0.167. The average Bonchev–Trinajstić information content (AvgIpc) is 2.42. The van der Waals surface area contributed by atoms with E-state index in [-0.39, 0.29) is 0 Å². The highest BCUT2D eigenvalue weighted by molar-refractivity contribution is 7.92. The highest BCUT2D eigenvalue weighted by Gasteiger charge is 2.30. The number of nitrogens with one attached hydrogen (secondary N) is 2. The standard InChI is InChI=1S/C15H32N4O2S/c1-12(2)19-9-7-13(8-10-19)18-14(16-5)17-11-15(3,4)22(6,20)21/h12-13H,7-11H2,1-6H3,(H2,16,17,18). The van der Waals surface area contributed by atoms with Gasteiger partial charge in [-0.15, -0.1) is 0 Å². The van der Waals surface area contributed by atoms with Gasteiger partial charge in [0, 0.05) is 45.0 Å². The molecule has 22 heavy (non-hydrogen) atoms. The summed E-state index contributed by atoms with van der Waals surface area (Å²) in [6, 6.07) is 0.983. The Morgan fingerprint density at radius 3 is 2.27 bits per heavy atom. The van der Waals surface area contributed by atoms with Crippen molar-refractivity contribution in [3.05, 3.63) is 0 Å². The van der Waals surface area contributed by atoms with E-state index in [1.807, 2.05) is 0 Å². The summed E-state index contributed by atoms with van der Waals surface area (Å²) in [6.07, 6.45) is 3.43. The molecule has 130 valence electrons. The number of guanidine groups is 1. The van der Waals surface area contributed by atoms with Crippen molar-refractivity contribution >= 4 is 15.8 Å². The highest BCUT2D eigenvalue weighted by Crippen LogP contribution is 2.14. The number of hydrogen-bond acceptors (Lipinski definition) is 4. The fraction of sp³-hybridized carbons (Fsp3) is 0.933. The molecule has 0 spiro atoms. The number of rotatable bonds is 5. The summed E-state index contributed by atoms with van der Waals surface area (Å²) >= 11 is 0. The van der Waals surface area contributed by atoms with E-state index in [2.05, 4.69) is 34.4 Å². The van der Waals surface area contributed by atoms with Crippen LogP contribution in [0.25, 0.3) is 0 Å². The maximum absolute atomic E-state index is 11.7. The molecule has 1 rings (SSSR count). The molecule has 1 aliphatic heterocycles. The molecule has 0 atom stereocenters. The van der Waals surface area contributed by atoms with Crippen molar-refractivity contribution < 1.29 is 8.42 Å². The second kappa shape index (κ2) is 7.64. The molecule has 0 aromatic heterocycles. The summed E-state index contributed by atoms with van der Waals surface area (Å²) in [4.78, 5) is 6.68. The minimum absolute atomic E-state index is 0.344. The molecule has 0 aromatic carbocycles. The maximum Gasteiger partial charge on any atom is 0.191 e. The van der Waals surface area contributed by atoms with Gasteiger partial charge < -0.3 is 15.5 Å². The van der Waals surface area contributed by atoms with Gasteiger partial charge in [0.2, 0.25) is 0 Å². The Kier molecular flexibility index (Phi) is 6.67. The van der Waals surface area contributed by atoms with Crippen molar-refractivity contribution in [3.63, 3.8) is 0 Å². The quantitative estimate of drug-likeness (QED) is 0.577. The number of likely N-dealkylation sites (tertiary alicyclic amines) is 1. The molecule has 0 amide bonds. The summed E-state index contributed by atoms with van der Waals surface area (Å²) in [6.45, 7) is 10.4. The number of aliphatic imine (C=N–C) groups is 1. The van der Waals surface area contributed by atoms with Crippen LogP contribution < -0.4 is 10.6 Å². The molecule has 1 fully saturated rings. The Morgan fingerprint density at radius 1 is 1.32 bits per heavy atom. The van der Waals surface area contributed by atoms with E-state index in [9.17, 15) is 8.42 Å². The predicted molar refractivity (Wildman–Crippen MR) is 93.2 cm³/mol. The van der Waals surface area contributed by atoms with Crippen LogP contribution in [0, 0.1) is 0 Å². The SMILES string of the molecule is CN=C(NCC(C)(C)S(C)(=O)=O)NC1CCN(C(C)C)CC1. The number of nitrogens with zero attached hydrogens (tertiary/aromatic N) is 2. The van der Waals surface area contributed by atoms with Gasteiger partial charge >= 0.3 is 0 Å². The first-order chi connectivity index (χ1) is 10.1. The molecule has 0 aromatic rings. The van der Waals surface area contributed by atoms with Crippen molar-refractivity contribution in [2.75, 3.05) is 32.9 Å². The van der Waals surface area contributed by atoms with Crippen molar-refractivity contribution in [1.29, 1.82) is 0 Å². The van der Waals surface area contributed by atoms with E-state index in [1.165, 1.54) is 6.26 Å². The Morgan fingerprint density at radius 2 is 1.86 bits per heavy atom. The molecular weight excluding hydrogens is 300 g/mol. The lowest BCUT2D eigenvalue weighted by Crippen LogP contribution is -2.52. The molecule has 0 saturated carbocycles. The van der Waals surface area contributed by atoms with Gasteiger partial charge in [-0.1, -0.05) is 0 Å². The van der Waals surface area contributed by atoms with Crippen LogP contribution in [0.3, 0.4) is 0 Å². The first kappa shape index (κ1) is 19.2. The fourth-order valence-electron chi connectivity index (χ4n) is 2.38. The topological polar surface area (TPSA) is 73.8 Å². The predicted octanol–water partition coefficient (Wildman–Crippen LogP) is 0.847. The Bertz CT molecular complexity index is 478. The van der Waals surface area contributed by atoms with E-state index in [4.69, 9.17) is 0 Å². The van der Waals surface area contributed by atoms with Crippen molar-refractivity contribution in [1.82, 2.24) is 15.5 Å². The number of hydrogen-bond donors (Lipinski definition) is 2. The van der Waals surface area contributed by atoms with Gasteiger partial charge in [-0.25, -0.2) is 8.42 Å². The third-order valence-corrected chi connectivity index (χ3v) is 6.66. The third-order valence-electron chi connectivity index (χ3n) is 4.51. The zero-order chi connectivity index (χ0) is 17.0. The van der Waals surface area contributed by atoms with Crippen LogP contribution in [0.1, 0.15) is 40.5 Å². The van der Waals surface area contributed by atoms with Crippen molar-refractivity contribution in [2.45, 2.75) is 57.4 Å². The van der Waals surface area contributed by atoms with Gasteiger partial charge in [0.05, 0.1) is 4.75 Å². The molecule has 0 radical (unpaired) electrons. The molecular formula is C15H32N4O2S. The maximum atomic E-state index is 11.7. The van der Waals surface area contributed by atoms with E-state index in [0.717, 1.165) is 25.9 Å². The Balaban J connectivity index is 2.48. The van der Waals surface area contributed by atoms with E-state index in [0.29, 0.717) is 24.6 Å². The second-order valence-corrected chi connectivity index (χ2v) is 9.66. The van der Waals surface area contributed by atoms with E-state index in [1.54, 1.807) is 20.9 Å². The molecule has 0 bridgehead atoms. The molecule has 0 aliphatic carbocycles. The zero-order valence-corrected chi connectivity index (χ0v) is 15.6. The first-order valence-electron chi connectivity index (χ1n) is 7.97. The van der Waals surface area contributed by atoms with Crippen LogP contribution in [0.15, 0.2) is 4.99 Å². The minimum atomic E-state index is -3.11. The van der Waals surface area contributed by atoms with Crippen molar-refractivity contribution in [2.24, 2.45) is 4.99 Å². The molecule has 7 heteroatoms. The van der Waals surface area contributed by atoms with Gasteiger partial charge in [0.25, 0.3) is 0 Å². The molecule has 1 saturated heterocycles. The van der Waals surface area contributed by atoms with Gasteiger partial charge in [-0.05, 0) is 40.5 Å². The Hall–Kier alpha value is -0.820. The Labute approximate surface area is 135 Å². The molecule has 1 heterocycles. The van der Waals surface area contributed by atoms with Crippen LogP contribution in [-0.2, 0) is 9.84 Å². The van der Waals surface area contributed by atoms with Crippen LogP contribution in [0.5, 0.6) is 0 Å². The summed E-state index contributed by atoms with van der Waals surface area (Å²) in [5, 5.41) is 6.55. The first-order valence-corrected chi connectivity index (χ1v) is 9.87. The van der Waals surface area contributed by atoms with Crippen LogP contribution in [0.2, 0.25) is 0 Å². The normalized spacial score (nSPS) is 19.5. The fourth-order valence-corrected chi connectivity index (χ4v) is 2.71. The molecule has 0 unspecified atom stereocenters. The van der Waals surface area contributed by atoms with Gasteiger partial charge in [0.15, 0.2) is 15.8 Å². The highest BCUT2D eigenvalue weighted by atomic mass is 32.2. The summed E-state index contributed by atoms with van der Waals surface area (Å²) < 4.78 is 22.7. The zero-order valence-electron chi connectivity index (χ0n) is 14.8. The monoisotopic (exact) mass is 332 g/mol. The van der Waals surface area contributed by atoms with E-state index < -0.39 is 14.6 Å². The van der Waals surface area contributed by atoms with Gasteiger partial charge in [-0.2, -0.15) is 0 Å². The third kappa shape index (κ3) is 5.43. The van der Waals surface area contributed by atoms with Crippen LogP contribution >= 0.6 is 0 Å². The van der Waals surface area contributed by atoms with Gasteiger partial charge in [0.1, 0.15) is 0 Å². The van der Waals surface area contributed by atoms with E-state index >= 15 is 0 Å². The lowest BCUT2D eigenvalue weighted by atomic mass is 10.0. The molecule has 2 N–H and O–H groups in total. The van der Waals surface area contributed by atoms with Crippen LogP contribution in [-0.4, -0.2) is 69.0 Å². The minimum Gasteiger partial charge on any atom is -0.355 e. The second-order valence-electron chi connectivity index (χ2n) is 7.01. The van der Waals surface area contributed by atoms with Crippen molar-refractivity contribution in [3.8, 4) is 0 Å². The lowest BCUT2D eigenvalue weighted by Gasteiger charge is -2.35. The van der Waals surface area contributed by atoms with Crippen LogP contribution in [0.4, 0.5) is 0 Å². The average molecular weight is 333 g/mol. The largest absolute Gasteiger partial charge is 0.355 e. The molecule has 6 nitrogen and oxygen atoms in total. The smallest absolute Gasteiger partial charge is 0.191 e. The summed E-state index contributed by atoms with van der Waals surface area (Å²) in [7, 11) is -1.39. The molecule has 1 aliphatic rings. The summed E-state index contributed by atoms with van der Waals surface area (Å²) in [5.41, 5.74) is 0. The number of sulfone groups is 1. The van der Waals surface area contributed by atoms with Gasteiger partial charge in [-0.3, -0.25) is 4.99 Å². The number of piperidine rings is 1.